The highest BCUT2D eigenvalue weighted by molar-refractivity contribution is 5.83. The number of likely N-dealkylation sites (N-methyl/N-ethyl adjacent to an activating group) is 1. The molecule has 5 nitrogen and oxygen atoms in total. The SMILES string of the molecule is CCN(CC)C(=O)C(c1ccccc1)N1CCc2cncnc2C1. The van der Waals surface area contributed by atoms with E-state index in [1.807, 2.05) is 55.3 Å². The van der Waals surface area contributed by atoms with Crippen molar-refractivity contribution in [2.75, 3.05) is 19.6 Å². The molecule has 1 aliphatic rings. The lowest BCUT2D eigenvalue weighted by atomic mass is 9.99. The maximum Gasteiger partial charge on any atom is 0.244 e. The molecule has 5 heteroatoms. The standard InChI is InChI=1S/C19H24N4O/c1-3-22(4-2)19(24)18(15-8-6-5-7-9-15)23-11-10-16-12-20-14-21-17(16)13-23/h5-9,12,14,18H,3-4,10-11,13H2,1-2H3. The van der Waals surface area contributed by atoms with Gasteiger partial charge in [0.15, 0.2) is 0 Å². The number of carbonyl (C=O) groups is 1. The summed E-state index contributed by atoms with van der Waals surface area (Å²) in [5.74, 6) is 0.170. The molecule has 0 saturated heterocycles. The Morgan fingerprint density at radius 1 is 1.25 bits per heavy atom. The van der Waals surface area contributed by atoms with Crippen LogP contribution in [0.5, 0.6) is 0 Å². The zero-order valence-corrected chi connectivity index (χ0v) is 14.4. The first-order valence-electron chi connectivity index (χ1n) is 8.60. The quantitative estimate of drug-likeness (QED) is 0.848. The minimum atomic E-state index is -0.255. The van der Waals surface area contributed by atoms with Gasteiger partial charge < -0.3 is 4.90 Å². The summed E-state index contributed by atoms with van der Waals surface area (Å²) in [6.07, 6.45) is 4.36. The van der Waals surface area contributed by atoms with Gasteiger partial charge in [0, 0.05) is 32.4 Å². The minimum absolute atomic E-state index is 0.170. The molecule has 1 amide bonds. The molecule has 126 valence electrons. The Labute approximate surface area is 143 Å². The summed E-state index contributed by atoms with van der Waals surface area (Å²) >= 11 is 0. The molecule has 0 fully saturated rings. The Bertz CT molecular complexity index is 685. The van der Waals surface area contributed by atoms with Gasteiger partial charge in [-0.3, -0.25) is 9.69 Å². The average molecular weight is 324 g/mol. The van der Waals surface area contributed by atoms with Crippen LogP contribution in [-0.4, -0.2) is 45.3 Å². The van der Waals surface area contributed by atoms with E-state index in [-0.39, 0.29) is 11.9 Å². The van der Waals surface area contributed by atoms with E-state index in [0.29, 0.717) is 6.54 Å². The molecule has 0 saturated carbocycles. The van der Waals surface area contributed by atoms with Crippen molar-refractivity contribution < 1.29 is 4.79 Å². The molecule has 1 unspecified atom stereocenters. The highest BCUT2D eigenvalue weighted by atomic mass is 16.2. The summed E-state index contributed by atoms with van der Waals surface area (Å²) in [5.41, 5.74) is 3.27. The molecule has 1 atom stereocenters. The Kier molecular flexibility index (Phi) is 5.20. The van der Waals surface area contributed by atoms with Crippen molar-refractivity contribution in [2.45, 2.75) is 32.9 Å². The van der Waals surface area contributed by atoms with E-state index in [2.05, 4.69) is 14.9 Å². The second kappa shape index (κ2) is 7.53. The predicted molar refractivity (Wildman–Crippen MR) is 93.3 cm³/mol. The van der Waals surface area contributed by atoms with E-state index in [0.717, 1.165) is 37.3 Å². The molecular weight excluding hydrogens is 300 g/mol. The monoisotopic (exact) mass is 324 g/mol. The molecule has 24 heavy (non-hydrogen) atoms. The molecule has 3 rings (SSSR count). The Balaban J connectivity index is 1.92. The van der Waals surface area contributed by atoms with E-state index in [9.17, 15) is 4.79 Å². The fraction of sp³-hybridized carbons (Fsp3) is 0.421. The van der Waals surface area contributed by atoms with Gasteiger partial charge in [-0.05, 0) is 31.4 Å². The maximum atomic E-state index is 13.2. The van der Waals surface area contributed by atoms with E-state index in [4.69, 9.17) is 0 Å². The van der Waals surface area contributed by atoms with Gasteiger partial charge in [-0.2, -0.15) is 0 Å². The first-order chi connectivity index (χ1) is 11.7. The van der Waals surface area contributed by atoms with Gasteiger partial charge in [-0.15, -0.1) is 0 Å². The summed E-state index contributed by atoms with van der Waals surface area (Å²) in [6.45, 7) is 7.04. The molecule has 1 aliphatic heterocycles. The highest BCUT2D eigenvalue weighted by Gasteiger charge is 2.32. The van der Waals surface area contributed by atoms with Gasteiger partial charge in [0.1, 0.15) is 12.4 Å². The largest absolute Gasteiger partial charge is 0.342 e. The van der Waals surface area contributed by atoms with Gasteiger partial charge in [0.25, 0.3) is 0 Å². The molecule has 0 spiro atoms. The highest BCUT2D eigenvalue weighted by Crippen LogP contribution is 2.28. The molecule has 2 aromatic rings. The fourth-order valence-corrected chi connectivity index (χ4v) is 3.34. The summed E-state index contributed by atoms with van der Waals surface area (Å²) in [4.78, 5) is 25.8. The summed E-state index contributed by atoms with van der Waals surface area (Å²) in [5, 5.41) is 0. The van der Waals surface area contributed by atoms with Crippen molar-refractivity contribution >= 4 is 5.91 Å². The van der Waals surface area contributed by atoms with Crippen LogP contribution in [0, 0.1) is 0 Å². The van der Waals surface area contributed by atoms with E-state index >= 15 is 0 Å². The van der Waals surface area contributed by atoms with Crippen LogP contribution in [0.15, 0.2) is 42.9 Å². The zero-order valence-electron chi connectivity index (χ0n) is 14.4. The number of amides is 1. The van der Waals surface area contributed by atoms with Gasteiger partial charge in [-0.1, -0.05) is 30.3 Å². The Hall–Kier alpha value is -2.27. The molecule has 1 aromatic carbocycles. The van der Waals surface area contributed by atoms with Crippen molar-refractivity contribution in [3.63, 3.8) is 0 Å². The number of carbonyl (C=O) groups excluding carboxylic acids is 1. The average Bonchev–Trinajstić information content (AvgIpc) is 2.64. The fourth-order valence-electron chi connectivity index (χ4n) is 3.34. The van der Waals surface area contributed by atoms with Crippen LogP contribution in [0.25, 0.3) is 0 Å². The van der Waals surface area contributed by atoms with E-state index in [1.54, 1.807) is 6.33 Å². The Morgan fingerprint density at radius 3 is 2.71 bits per heavy atom. The lowest BCUT2D eigenvalue weighted by Gasteiger charge is -2.36. The van der Waals surface area contributed by atoms with Crippen LogP contribution < -0.4 is 0 Å². The van der Waals surface area contributed by atoms with Gasteiger partial charge >= 0.3 is 0 Å². The molecule has 0 N–H and O–H groups in total. The van der Waals surface area contributed by atoms with Crippen LogP contribution >= 0.6 is 0 Å². The van der Waals surface area contributed by atoms with Gasteiger partial charge in [-0.25, -0.2) is 9.97 Å². The number of benzene rings is 1. The minimum Gasteiger partial charge on any atom is -0.342 e. The number of rotatable bonds is 5. The third kappa shape index (κ3) is 3.31. The second-order valence-electron chi connectivity index (χ2n) is 6.04. The summed E-state index contributed by atoms with van der Waals surface area (Å²) < 4.78 is 0. The molecule has 2 heterocycles. The van der Waals surface area contributed by atoms with Crippen molar-refractivity contribution in [1.82, 2.24) is 19.8 Å². The van der Waals surface area contributed by atoms with Gasteiger partial charge in [0.05, 0.1) is 5.69 Å². The summed E-state index contributed by atoms with van der Waals surface area (Å²) in [7, 11) is 0. The third-order valence-corrected chi connectivity index (χ3v) is 4.69. The maximum absolute atomic E-state index is 13.2. The molecule has 0 radical (unpaired) electrons. The van der Waals surface area contributed by atoms with E-state index in [1.165, 1.54) is 5.56 Å². The van der Waals surface area contributed by atoms with Crippen molar-refractivity contribution in [3.05, 3.63) is 59.7 Å². The van der Waals surface area contributed by atoms with Gasteiger partial charge in [0.2, 0.25) is 5.91 Å². The van der Waals surface area contributed by atoms with E-state index < -0.39 is 0 Å². The molecular formula is C19H24N4O. The van der Waals surface area contributed by atoms with Crippen LogP contribution in [0.2, 0.25) is 0 Å². The Morgan fingerprint density at radius 2 is 2.00 bits per heavy atom. The number of hydrogen-bond donors (Lipinski definition) is 0. The zero-order chi connectivity index (χ0) is 16.9. The van der Waals surface area contributed by atoms with Crippen molar-refractivity contribution in [2.24, 2.45) is 0 Å². The number of hydrogen-bond acceptors (Lipinski definition) is 4. The second-order valence-corrected chi connectivity index (χ2v) is 6.04. The normalized spacial score (nSPS) is 15.6. The first kappa shape index (κ1) is 16.6. The van der Waals surface area contributed by atoms with Crippen LogP contribution in [-0.2, 0) is 17.8 Å². The number of fused-ring (bicyclic) bond motifs is 1. The molecule has 1 aromatic heterocycles. The first-order valence-corrected chi connectivity index (χ1v) is 8.60. The summed E-state index contributed by atoms with van der Waals surface area (Å²) in [6, 6.07) is 9.81. The number of nitrogens with zero attached hydrogens (tertiary/aromatic N) is 4. The molecule has 0 aliphatic carbocycles. The van der Waals surface area contributed by atoms with Crippen molar-refractivity contribution in [1.29, 1.82) is 0 Å². The topological polar surface area (TPSA) is 49.3 Å². The molecule has 0 bridgehead atoms. The van der Waals surface area contributed by atoms with Crippen LogP contribution in [0.4, 0.5) is 0 Å². The third-order valence-electron chi connectivity index (χ3n) is 4.69. The smallest absolute Gasteiger partial charge is 0.244 e. The van der Waals surface area contributed by atoms with Crippen molar-refractivity contribution in [3.8, 4) is 0 Å². The van der Waals surface area contributed by atoms with Crippen LogP contribution in [0.3, 0.4) is 0 Å². The van der Waals surface area contributed by atoms with Crippen LogP contribution in [0.1, 0.15) is 36.7 Å². The lowest BCUT2D eigenvalue weighted by Crippen LogP contribution is -2.45. The predicted octanol–water partition coefficient (Wildman–Crippen LogP) is 2.44. The lowest BCUT2D eigenvalue weighted by molar-refractivity contribution is -0.137. The number of aromatic nitrogens is 2.